The van der Waals surface area contributed by atoms with Gasteiger partial charge < -0.3 is 41.6 Å². The molecule has 0 aliphatic carbocycles. The molecule has 1 aliphatic heterocycles. The van der Waals surface area contributed by atoms with Crippen LogP contribution in [-0.4, -0.2) is 77.0 Å². The number of nitrogens with two attached hydrogens (primary N) is 2. The van der Waals surface area contributed by atoms with E-state index in [1.165, 1.54) is 0 Å². The van der Waals surface area contributed by atoms with E-state index in [2.05, 4.69) is 5.32 Å². The molecule has 1 fully saturated rings. The molecule has 6 atom stereocenters. The predicted molar refractivity (Wildman–Crippen MR) is 96.2 cm³/mol. The Morgan fingerprint density at radius 3 is 2.44 bits per heavy atom. The van der Waals surface area contributed by atoms with Gasteiger partial charge in [0, 0.05) is 19.6 Å². The molecule has 8 N–H and O–H groups in total. The molecule has 10 heteroatoms. The van der Waals surface area contributed by atoms with Crippen LogP contribution in [0.4, 0.5) is 0 Å². The summed E-state index contributed by atoms with van der Waals surface area (Å²) in [5, 5.41) is 31.9. The van der Waals surface area contributed by atoms with Crippen molar-refractivity contribution >= 4 is 11.8 Å². The van der Waals surface area contributed by atoms with Crippen molar-refractivity contribution < 1.29 is 34.4 Å². The van der Waals surface area contributed by atoms with Gasteiger partial charge in [0.2, 0.25) is 11.8 Å². The van der Waals surface area contributed by atoms with Crippen LogP contribution in [0.1, 0.15) is 45.4 Å². The van der Waals surface area contributed by atoms with Crippen LogP contribution in [0.2, 0.25) is 0 Å². The summed E-state index contributed by atoms with van der Waals surface area (Å²) in [6.07, 6.45) is -1.75. The Balaban J connectivity index is 2.04. The van der Waals surface area contributed by atoms with Gasteiger partial charge in [0.1, 0.15) is 18.3 Å². The summed E-state index contributed by atoms with van der Waals surface area (Å²) < 4.78 is 10.8. The molecule has 10 nitrogen and oxygen atoms in total. The van der Waals surface area contributed by atoms with E-state index in [1.807, 2.05) is 0 Å². The molecule has 2 amide bonds. The lowest BCUT2D eigenvalue weighted by Gasteiger charge is -2.38. The van der Waals surface area contributed by atoms with Gasteiger partial charge in [-0.3, -0.25) is 9.59 Å². The van der Waals surface area contributed by atoms with Crippen molar-refractivity contribution in [3.63, 3.8) is 0 Å². The molecule has 0 spiro atoms. The second-order valence-corrected chi connectivity index (χ2v) is 6.87. The Morgan fingerprint density at radius 2 is 1.78 bits per heavy atom. The SMILES string of the molecule is CC1OC(OCCCCCCNC(=O)[C@@H](N)CCC(N)=O)C(O)C(O)C1O. The molecule has 0 aromatic rings. The van der Waals surface area contributed by atoms with Crippen molar-refractivity contribution in [2.45, 2.75) is 82.2 Å². The number of carbonyl (C=O) groups excluding carboxylic acids is 2. The van der Waals surface area contributed by atoms with Crippen LogP contribution in [0.25, 0.3) is 0 Å². The Labute approximate surface area is 159 Å². The molecule has 0 saturated carbocycles. The molecular weight excluding hydrogens is 358 g/mol. The van der Waals surface area contributed by atoms with Crippen molar-refractivity contribution in [2.75, 3.05) is 13.2 Å². The van der Waals surface area contributed by atoms with Crippen LogP contribution < -0.4 is 16.8 Å². The van der Waals surface area contributed by atoms with Crippen LogP contribution >= 0.6 is 0 Å². The number of nitrogens with one attached hydrogen (secondary N) is 1. The Morgan fingerprint density at radius 1 is 1.11 bits per heavy atom. The van der Waals surface area contributed by atoms with E-state index < -0.39 is 42.7 Å². The first kappa shape index (κ1) is 23.7. The van der Waals surface area contributed by atoms with Gasteiger partial charge in [-0.15, -0.1) is 0 Å². The number of aliphatic hydroxyl groups is 3. The topological polar surface area (TPSA) is 177 Å². The molecular formula is C17H33N3O7. The third kappa shape index (κ3) is 8.50. The summed E-state index contributed by atoms with van der Waals surface area (Å²) >= 11 is 0. The number of amides is 2. The number of hydrogen-bond donors (Lipinski definition) is 6. The van der Waals surface area contributed by atoms with E-state index in [1.54, 1.807) is 6.92 Å². The van der Waals surface area contributed by atoms with Gasteiger partial charge in [0.15, 0.2) is 6.29 Å². The van der Waals surface area contributed by atoms with E-state index in [0.717, 1.165) is 25.7 Å². The molecule has 0 aromatic carbocycles. The van der Waals surface area contributed by atoms with Crippen molar-refractivity contribution in [3.8, 4) is 0 Å². The molecule has 0 radical (unpaired) electrons. The highest BCUT2D eigenvalue weighted by Gasteiger charge is 2.42. The quantitative estimate of drug-likeness (QED) is 0.209. The highest BCUT2D eigenvalue weighted by Crippen LogP contribution is 2.21. The lowest BCUT2D eigenvalue weighted by Crippen LogP contribution is -2.57. The molecule has 1 aliphatic rings. The van der Waals surface area contributed by atoms with Crippen LogP contribution in [0.15, 0.2) is 0 Å². The van der Waals surface area contributed by atoms with Crippen LogP contribution in [0, 0.1) is 0 Å². The first-order valence-electron chi connectivity index (χ1n) is 9.37. The average Bonchev–Trinajstić information content (AvgIpc) is 2.63. The average molecular weight is 391 g/mol. The predicted octanol–water partition coefficient (Wildman–Crippen LogP) is -1.90. The van der Waals surface area contributed by atoms with E-state index in [-0.39, 0.29) is 18.7 Å². The Hall–Kier alpha value is -1.30. The fraction of sp³-hybridized carbons (Fsp3) is 0.882. The van der Waals surface area contributed by atoms with Crippen molar-refractivity contribution in [1.29, 1.82) is 0 Å². The molecule has 1 heterocycles. The highest BCUT2D eigenvalue weighted by atomic mass is 16.7. The number of primary amides is 1. The van der Waals surface area contributed by atoms with E-state index in [0.29, 0.717) is 13.2 Å². The number of unbranched alkanes of at least 4 members (excludes halogenated alkanes) is 3. The summed E-state index contributed by atoms with van der Waals surface area (Å²) in [7, 11) is 0. The van der Waals surface area contributed by atoms with E-state index in [9.17, 15) is 24.9 Å². The van der Waals surface area contributed by atoms with Gasteiger partial charge in [-0.05, 0) is 26.2 Å². The molecule has 5 unspecified atom stereocenters. The highest BCUT2D eigenvalue weighted by molar-refractivity contribution is 5.82. The summed E-state index contributed by atoms with van der Waals surface area (Å²) in [6, 6.07) is -0.732. The normalized spacial score (nSPS) is 29.3. The van der Waals surface area contributed by atoms with E-state index >= 15 is 0 Å². The number of rotatable bonds is 12. The largest absolute Gasteiger partial charge is 0.388 e. The smallest absolute Gasteiger partial charge is 0.236 e. The molecule has 0 bridgehead atoms. The minimum Gasteiger partial charge on any atom is -0.388 e. The van der Waals surface area contributed by atoms with E-state index in [4.69, 9.17) is 20.9 Å². The molecule has 27 heavy (non-hydrogen) atoms. The van der Waals surface area contributed by atoms with Crippen molar-refractivity contribution in [2.24, 2.45) is 11.5 Å². The first-order valence-corrected chi connectivity index (χ1v) is 9.37. The lowest BCUT2D eigenvalue weighted by atomic mass is 10.0. The van der Waals surface area contributed by atoms with Gasteiger partial charge in [-0.2, -0.15) is 0 Å². The zero-order valence-corrected chi connectivity index (χ0v) is 15.8. The van der Waals surface area contributed by atoms with Gasteiger partial charge in [-0.1, -0.05) is 12.8 Å². The summed E-state index contributed by atoms with van der Waals surface area (Å²) in [4.78, 5) is 22.3. The van der Waals surface area contributed by atoms with Gasteiger partial charge in [-0.25, -0.2) is 0 Å². The number of hydrogen-bond acceptors (Lipinski definition) is 8. The van der Waals surface area contributed by atoms with Gasteiger partial charge in [0.05, 0.1) is 12.1 Å². The fourth-order valence-electron chi connectivity index (χ4n) is 2.70. The molecule has 158 valence electrons. The molecule has 1 rings (SSSR count). The third-order valence-corrected chi connectivity index (χ3v) is 4.50. The van der Waals surface area contributed by atoms with Gasteiger partial charge >= 0.3 is 0 Å². The Bertz CT molecular complexity index is 466. The van der Waals surface area contributed by atoms with Crippen LogP contribution in [0.5, 0.6) is 0 Å². The monoisotopic (exact) mass is 391 g/mol. The minimum atomic E-state index is -1.29. The zero-order chi connectivity index (χ0) is 20.4. The maximum atomic E-state index is 11.7. The zero-order valence-electron chi connectivity index (χ0n) is 15.8. The Kier molecular flexibility index (Phi) is 10.7. The maximum Gasteiger partial charge on any atom is 0.236 e. The maximum absolute atomic E-state index is 11.7. The standard InChI is InChI=1S/C17H33N3O7/c1-10-13(22)14(23)15(24)17(27-10)26-9-5-3-2-4-8-20-16(25)11(18)6-7-12(19)21/h10-11,13-15,17,22-24H,2-9,18H2,1H3,(H2,19,21)(H,20,25)/t10?,11-,13?,14?,15?,17?/m0/s1. The summed E-state index contributed by atoms with van der Waals surface area (Å²) in [5.74, 6) is -0.773. The molecule has 0 aromatic heterocycles. The first-order chi connectivity index (χ1) is 12.7. The number of aliphatic hydroxyl groups excluding tert-OH is 3. The lowest BCUT2D eigenvalue weighted by molar-refractivity contribution is -0.293. The number of ether oxygens (including phenoxy) is 2. The number of carbonyl (C=O) groups is 2. The summed E-state index contributed by atoms with van der Waals surface area (Å²) in [5.41, 5.74) is 10.7. The molecule has 1 saturated heterocycles. The van der Waals surface area contributed by atoms with Crippen molar-refractivity contribution in [3.05, 3.63) is 0 Å². The summed E-state index contributed by atoms with van der Waals surface area (Å²) in [6.45, 7) is 2.45. The third-order valence-electron chi connectivity index (χ3n) is 4.50. The second kappa shape index (κ2) is 12.2. The minimum absolute atomic E-state index is 0.0861. The van der Waals surface area contributed by atoms with Crippen LogP contribution in [-0.2, 0) is 19.1 Å². The van der Waals surface area contributed by atoms with Gasteiger partial charge in [0.25, 0.3) is 0 Å². The fourth-order valence-corrected chi connectivity index (χ4v) is 2.70. The van der Waals surface area contributed by atoms with Crippen molar-refractivity contribution in [1.82, 2.24) is 5.32 Å². The van der Waals surface area contributed by atoms with Crippen LogP contribution in [0.3, 0.4) is 0 Å². The second-order valence-electron chi connectivity index (χ2n) is 6.87.